The highest BCUT2D eigenvalue weighted by Crippen LogP contribution is 2.18. The maximum Gasteiger partial charge on any atom is 0.0571 e. The normalized spacial score (nSPS) is 10.4. The second kappa shape index (κ2) is 4.26. The first-order valence-electron chi connectivity index (χ1n) is 5.23. The molecule has 4 heteroatoms. The van der Waals surface area contributed by atoms with Crippen LogP contribution in [0.1, 0.15) is 11.3 Å². The Balaban J connectivity index is 2.10. The number of nitrogens with zero attached hydrogens (tertiary/aromatic N) is 2. The van der Waals surface area contributed by atoms with Crippen molar-refractivity contribution in [3.63, 3.8) is 0 Å². The van der Waals surface area contributed by atoms with Crippen LogP contribution in [0.5, 0.6) is 0 Å². The Morgan fingerprint density at radius 2 is 2.19 bits per heavy atom. The number of hydrogen-bond acceptors (Lipinski definition) is 3. The molecule has 0 radical (unpaired) electrons. The quantitative estimate of drug-likeness (QED) is 0.771. The largest absolute Gasteiger partial charge is 0.399 e. The number of anilines is 2. The molecule has 1 aromatic carbocycles. The van der Waals surface area contributed by atoms with Crippen LogP contribution >= 0.6 is 0 Å². The molecule has 0 amide bonds. The van der Waals surface area contributed by atoms with Crippen molar-refractivity contribution < 1.29 is 0 Å². The van der Waals surface area contributed by atoms with E-state index in [1.54, 1.807) is 6.20 Å². The van der Waals surface area contributed by atoms with Crippen molar-refractivity contribution in [1.82, 2.24) is 9.78 Å². The predicted molar refractivity (Wildman–Crippen MR) is 66.1 cm³/mol. The highest BCUT2D eigenvalue weighted by Gasteiger charge is 2.01. The summed E-state index contributed by atoms with van der Waals surface area (Å²) in [5.41, 5.74) is 9.93. The van der Waals surface area contributed by atoms with Crippen LogP contribution in [0.2, 0.25) is 0 Å². The first kappa shape index (κ1) is 10.5. The standard InChI is InChI=1S/C12H16N4/c1-9-3-4-10(13)7-12(9)14-8-11-5-6-15-16(11)2/h3-7,14H,8,13H2,1-2H3. The lowest BCUT2D eigenvalue weighted by Gasteiger charge is -2.10. The molecule has 4 nitrogen and oxygen atoms in total. The van der Waals surface area contributed by atoms with Gasteiger partial charge in [-0.15, -0.1) is 0 Å². The first-order chi connectivity index (χ1) is 7.66. The number of nitrogens with one attached hydrogen (secondary N) is 1. The van der Waals surface area contributed by atoms with Crippen molar-refractivity contribution in [3.05, 3.63) is 41.7 Å². The molecule has 0 fully saturated rings. The van der Waals surface area contributed by atoms with E-state index in [-0.39, 0.29) is 0 Å². The summed E-state index contributed by atoms with van der Waals surface area (Å²) in [6.07, 6.45) is 1.79. The molecule has 0 spiro atoms. The van der Waals surface area contributed by atoms with Crippen molar-refractivity contribution in [3.8, 4) is 0 Å². The van der Waals surface area contributed by atoms with E-state index in [2.05, 4.69) is 17.3 Å². The van der Waals surface area contributed by atoms with E-state index >= 15 is 0 Å². The summed E-state index contributed by atoms with van der Waals surface area (Å²) >= 11 is 0. The Hall–Kier alpha value is -1.97. The minimum Gasteiger partial charge on any atom is -0.399 e. The van der Waals surface area contributed by atoms with Gasteiger partial charge in [-0.3, -0.25) is 4.68 Å². The van der Waals surface area contributed by atoms with Crippen LogP contribution in [0.25, 0.3) is 0 Å². The third-order valence-corrected chi connectivity index (χ3v) is 2.64. The molecule has 0 saturated carbocycles. The molecular weight excluding hydrogens is 200 g/mol. The smallest absolute Gasteiger partial charge is 0.0571 e. The van der Waals surface area contributed by atoms with Gasteiger partial charge in [-0.25, -0.2) is 0 Å². The van der Waals surface area contributed by atoms with E-state index in [1.165, 1.54) is 5.56 Å². The monoisotopic (exact) mass is 216 g/mol. The molecule has 0 aliphatic rings. The maximum atomic E-state index is 5.75. The first-order valence-corrected chi connectivity index (χ1v) is 5.23. The Bertz CT molecular complexity index is 488. The third-order valence-electron chi connectivity index (χ3n) is 2.64. The Labute approximate surface area is 95.1 Å². The summed E-state index contributed by atoms with van der Waals surface area (Å²) in [6, 6.07) is 7.87. The van der Waals surface area contributed by atoms with Gasteiger partial charge < -0.3 is 11.1 Å². The number of nitrogen functional groups attached to an aromatic ring is 1. The van der Waals surface area contributed by atoms with E-state index in [0.717, 1.165) is 23.6 Å². The number of aryl methyl sites for hydroxylation is 2. The number of hydrogen-bond donors (Lipinski definition) is 2. The van der Waals surface area contributed by atoms with Crippen LogP contribution in [0.4, 0.5) is 11.4 Å². The molecule has 0 aliphatic heterocycles. The van der Waals surface area contributed by atoms with E-state index in [4.69, 9.17) is 5.73 Å². The zero-order chi connectivity index (χ0) is 11.5. The van der Waals surface area contributed by atoms with Crippen LogP contribution in [0.15, 0.2) is 30.5 Å². The summed E-state index contributed by atoms with van der Waals surface area (Å²) in [5, 5.41) is 7.48. The van der Waals surface area contributed by atoms with Crippen LogP contribution in [0, 0.1) is 6.92 Å². The van der Waals surface area contributed by atoms with Crippen molar-refractivity contribution >= 4 is 11.4 Å². The van der Waals surface area contributed by atoms with Gasteiger partial charge in [0.15, 0.2) is 0 Å². The van der Waals surface area contributed by atoms with E-state index in [0.29, 0.717) is 0 Å². The number of aromatic nitrogens is 2. The highest BCUT2D eigenvalue weighted by atomic mass is 15.3. The molecule has 0 atom stereocenters. The summed E-state index contributed by atoms with van der Waals surface area (Å²) in [7, 11) is 1.93. The maximum absolute atomic E-state index is 5.75. The molecule has 0 unspecified atom stereocenters. The third kappa shape index (κ3) is 2.16. The topological polar surface area (TPSA) is 55.9 Å². The molecule has 84 valence electrons. The van der Waals surface area contributed by atoms with Gasteiger partial charge in [-0.1, -0.05) is 6.07 Å². The predicted octanol–water partition coefficient (Wildman–Crippen LogP) is 1.92. The molecule has 1 aromatic heterocycles. The number of rotatable bonds is 3. The molecule has 16 heavy (non-hydrogen) atoms. The van der Waals surface area contributed by atoms with Gasteiger partial charge >= 0.3 is 0 Å². The SMILES string of the molecule is Cc1ccc(N)cc1NCc1ccnn1C. The summed E-state index contributed by atoms with van der Waals surface area (Å²) < 4.78 is 1.86. The van der Waals surface area contributed by atoms with Crippen LogP contribution in [-0.4, -0.2) is 9.78 Å². The summed E-state index contributed by atoms with van der Waals surface area (Å²) in [6.45, 7) is 2.81. The van der Waals surface area contributed by atoms with Gasteiger partial charge in [-0.05, 0) is 30.7 Å². The van der Waals surface area contributed by atoms with Gasteiger partial charge in [0, 0.05) is 24.6 Å². The average molecular weight is 216 g/mol. The summed E-state index contributed by atoms with van der Waals surface area (Å²) in [5.74, 6) is 0. The average Bonchev–Trinajstić information content (AvgIpc) is 2.66. The van der Waals surface area contributed by atoms with E-state index in [1.807, 2.05) is 36.0 Å². The van der Waals surface area contributed by atoms with Crippen LogP contribution < -0.4 is 11.1 Å². The fraction of sp³-hybridized carbons (Fsp3) is 0.250. The molecular formula is C12H16N4. The van der Waals surface area contributed by atoms with Gasteiger partial charge in [0.25, 0.3) is 0 Å². The fourth-order valence-corrected chi connectivity index (χ4v) is 1.59. The summed E-state index contributed by atoms with van der Waals surface area (Å²) in [4.78, 5) is 0. The Kier molecular flexibility index (Phi) is 2.81. The molecule has 0 bridgehead atoms. The molecule has 2 rings (SSSR count). The van der Waals surface area contributed by atoms with Crippen molar-refractivity contribution in [2.24, 2.45) is 7.05 Å². The number of benzene rings is 1. The van der Waals surface area contributed by atoms with E-state index in [9.17, 15) is 0 Å². The fourth-order valence-electron chi connectivity index (χ4n) is 1.59. The van der Waals surface area contributed by atoms with Crippen molar-refractivity contribution in [1.29, 1.82) is 0 Å². The zero-order valence-electron chi connectivity index (χ0n) is 9.57. The van der Waals surface area contributed by atoms with Crippen LogP contribution in [0.3, 0.4) is 0 Å². The van der Waals surface area contributed by atoms with Crippen molar-refractivity contribution in [2.75, 3.05) is 11.1 Å². The molecule has 3 N–H and O–H groups in total. The minimum atomic E-state index is 0.751. The second-order valence-electron chi connectivity index (χ2n) is 3.87. The van der Waals surface area contributed by atoms with Crippen molar-refractivity contribution in [2.45, 2.75) is 13.5 Å². The number of nitrogens with two attached hydrogens (primary N) is 1. The lowest BCUT2D eigenvalue weighted by Crippen LogP contribution is -2.06. The van der Waals surface area contributed by atoms with E-state index < -0.39 is 0 Å². The molecule has 0 aliphatic carbocycles. The lowest BCUT2D eigenvalue weighted by molar-refractivity contribution is 0.720. The Morgan fingerprint density at radius 3 is 2.88 bits per heavy atom. The highest BCUT2D eigenvalue weighted by molar-refractivity contribution is 5.59. The van der Waals surface area contributed by atoms with Gasteiger partial charge in [-0.2, -0.15) is 5.10 Å². The lowest BCUT2D eigenvalue weighted by atomic mass is 10.2. The minimum absolute atomic E-state index is 0.751. The van der Waals surface area contributed by atoms with Gasteiger partial charge in [0.2, 0.25) is 0 Å². The Morgan fingerprint density at radius 1 is 1.38 bits per heavy atom. The van der Waals surface area contributed by atoms with Crippen LogP contribution in [-0.2, 0) is 13.6 Å². The molecule has 0 saturated heterocycles. The molecule has 1 heterocycles. The van der Waals surface area contributed by atoms with Gasteiger partial charge in [0.1, 0.15) is 0 Å². The molecule has 2 aromatic rings. The second-order valence-corrected chi connectivity index (χ2v) is 3.87. The zero-order valence-corrected chi connectivity index (χ0v) is 9.57. The van der Waals surface area contributed by atoms with Gasteiger partial charge in [0.05, 0.1) is 12.2 Å².